The molecule has 3 rings (SSSR count). The number of allylic oxidation sites excluding steroid dienone is 1. The molecule has 2 heterocycles. The molecule has 0 amide bonds. The summed E-state index contributed by atoms with van der Waals surface area (Å²) in [5.41, 5.74) is 5.85. The molecule has 2 aromatic heterocycles. The average Bonchev–Trinajstić information content (AvgIpc) is 2.96. The van der Waals surface area contributed by atoms with Crippen molar-refractivity contribution in [2.24, 2.45) is 5.10 Å². The van der Waals surface area contributed by atoms with Gasteiger partial charge in [0.05, 0.1) is 6.21 Å². The molecule has 6 nitrogen and oxygen atoms in total. The predicted octanol–water partition coefficient (Wildman–Crippen LogP) is 2.04. The van der Waals surface area contributed by atoms with Gasteiger partial charge in [0.15, 0.2) is 5.82 Å². The van der Waals surface area contributed by atoms with Crippen LogP contribution in [0.5, 0.6) is 0 Å². The van der Waals surface area contributed by atoms with E-state index in [-0.39, 0.29) is 0 Å². The van der Waals surface area contributed by atoms with Gasteiger partial charge in [0.25, 0.3) is 0 Å². The van der Waals surface area contributed by atoms with Gasteiger partial charge < -0.3 is 0 Å². The van der Waals surface area contributed by atoms with Crippen molar-refractivity contribution >= 4 is 23.8 Å². The molecule has 0 aliphatic carbocycles. The molecule has 21 heavy (non-hydrogen) atoms. The van der Waals surface area contributed by atoms with Crippen molar-refractivity contribution in [3.63, 3.8) is 0 Å². The van der Waals surface area contributed by atoms with Crippen molar-refractivity contribution in [2.75, 3.05) is 5.43 Å². The lowest BCUT2D eigenvalue weighted by atomic mass is 10.1. The van der Waals surface area contributed by atoms with E-state index in [1.54, 1.807) is 17.1 Å². The molecule has 0 aliphatic heterocycles. The summed E-state index contributed by atoms with van der Waals surface area (Å²) in [4.78, 5) is 0. The van der Waals surface area contributed by atoms with Crippen molar-refractivity contribution in [1.29, 1.82) is 0 Å². The monoisotopic (exact) mass is 279 g/mol. The quantitative estimate of drug-likeness (QED) is 0.436. The number of nitrogens with zero attached hydrogens (tertiary/aromatic N) is 4. The molecule has 0 saturated carbocycles. The highest BCUT2D eigenvalue weighted by Gasteiger charge is 2.04. The predicted molar refractivity (Wildman–Crippen MR) is 81.8 cm³/mol. The Bertz CT molecular complexity index is 788. The lowest BCUT2D eigenvalue weighted by molar-refractivity contribution is -0.579. The van der Waals surface area contributed by atoms with Crippen LogP contribution in [0.25, 0.3) is 11.7 Å². The Labute approximate surface area is 121 Å². The third-order valence-corrected chi connectivity index (χ3v) is 2.84. The number of hydrogen-bond donors (Lipinski definition) is 2. The van der Waals surface area contributed by atoms with Gasteiger partial charge in [-0.05, 0) is 24.1 Å². The Morgan fingerprint density at radius 1 is 1.24 bits per heavy atom. The van der Waals surface area contributed by atoms with Crippen LogP contribution in [-0.4, -0.2) is 21.5 Å². The van der Waals surface area contributed by atoms with Gasteiger partial charge in [0.1, 0.15) is 0 Å². The lowest BCUT2D eigenvalue weighted by Gasteiger charge is -1.97. The van der Waals surface area contributed by atoms with Gasteiger partial charge in [-0.1, -0.05) is 41.5 Å². The largest absolute Gasteiger partial charge is 0.325 e. The first-order valence-electron chi connectivity index (χ1n) is 6.56. The summed E-state index contributed by atoms with van der Waals surface area (Å²) in [6.45, 7) is 2.00. The fraction of sp³-hybridized carbons (Fsp3) is 0.0667. The second-order valence-corrected chi connectivity index (χ2v) is 4.56. The standard InChI is InChI=1S/C15H14N6/c1-12(9-13-5-3-2-4-6-13)10-16-18-14-7-8-15-19-17-11-21(15)20-14/h2-11H,1H3,(H,18,20)/p+1. The molecular formula is C15H15N6+. The highest BCUT2D eigenvalue weighted by Crippen LogP contribution is 2.05. The first-order chi connectivity index (χ1) is 10.3. The maximum Gasteiger partial charge on any atom is 0.325 e. The number of fused-ring (bicyclic) bond motifs is 1. The van der Waals surface area contributed by atoms with Crippen molar-refractivity contribution < 1.29 is 4.52 Å². The molecule has 0 fully saturated rings. The minimum Gasteiger partial charge on any atom is -0.259 e. The minimum atomic E-state index is 0.651. The van der Waals surface area contributed by atoms with E-state index in [4.69, 9.17) is 0 Å². The van der Waals surface area contributed by atoms with E-state index in [9.17, 15) is 0 Å². The SMILES string of the molecule is CC(C=NNc1ccc2n[nH]c[n+]2n1)=Cc1ccccc1. The van der Waals surface area contributed by atoms with E-state index < -0.39 is 0 Å². The van der Waals surface area contributed by atoms with Crippen LogP contribution in [0.1, 0.15) is 12.5 Å². The number of nitrogens with one attached hydrogen (secondary N) is 2. The zero-order valence-electron chi connectivity index (χ0n) is 11.6. The lowest BCUT2D eigenvalue weighted by Crippen LogP contribution is -2.24. The van der Waals surface area contributed by atoms with Crippen LogP contribution in [0.3, 0.4) is 0 Å². The van der Waals surface area contributed by atoms with Crippen LogP contribution in [0, 0.1) is 0 Å². The Hall–Kier alpha value is -3.02. The Kier molecular flexibility index (Phi) is 3.68. The summed E-state index contributed by atoms with van der Waals surface area (Å²) in [5.74, 6) is 0.651. The topological polar surface area (TPSA) is 70.1 Å². The highest BCUT2D eigenvalue weighted by molar-refractivity contribution is 5.85. The minimum absolute atomic E-state index is 0.651. The summed E-state index contributed by atoms with van der Waals surface area (Å²) in [6, 6.07) is 13.8. The zero-order chi connectivity index (χ0) is 14.5. The Morgan fingerprint density at radius 2 is 2.10 bits per heavy atom. The molecular weight excluding hydrogens is 264 g/mol. The number of rotatable bonds is 4. The second kappa shape index (κ2) is 5.96. The molecule has 0 radical (unpaired) electrons. The van der Waals surface area contributed by atoms with Gasteiger partial charge in [0.2, 0.25) is 6.33 Å². The maximum atomic E-state index is 4.29. The smallest absolute Gasteiger partial charge is 0.259 e. The second-order valence-electron chi connectivity index (χ2n) is 4.56. The van der Waals surface area contributed by atoms with Crippen molar-refractivity contribution in [3.8, 4) is 0 Å². The van der Waals surface area contributed by atoms with Crippen molar-refractivity contribution in [3.05, 3.63) is 59.9 Å². The van der Waals surface area contributed by atoms with Crippen molar-refractivity contribution in [1.82, 2.24) is 15.3 Å². The molecule has 0 aliphatic rings. The number of aromatic amines is 1. The van der Waals surface area contributed by atoms with Crippen LogP contribution in [0.15, 0.2) is 59.5 Å². The van der Waals surface area contributed by atoms with E-state index in [1.165, 1.54) is 0 Å². The van der Waals surface area contributed by atoms with E-state index in [1.807, 2.05) is 37.3 Å². The van der Waals surface area contributed by atoms with Gasteiger partial charge in [0, 0.05) is 11.2 Å². The van der Waals surface area contributed by atoms with E-state index in [0.717, 1.165) is 16.8 Å². The molecule has 0 saturated heterocycles. The third kappa shape index (κ3) is 3.30. The van der Waals surface area contributed by atoms with E-state index in [0.29, 0.717) is 5.82 Å². The first-order valence-corrected chi connectivity index (χ1v) is 6.56. The Morgan fingerprint density at radius 3 is 2.95 bits per heavy atom. The van der Waals surface area contributed by atoms with Gasteiger partial charge in [-0.25, -0.2) is 0 Å². The number of anilines is 1. The zero-order valence-corrected chi connectivity index (χ0v) is 11.6. The number of benzene rings is 1. The summed E-state index contributed by atoms with van der Waals surface area (Å²) in [5, 5.41) is 15.2. The molecule has 0 unspecified atom stereocenters. The fourth-order valence-corrected chi connectivity index (χ4v) is 1.87. The average molecular weight is 279 g/mol. The van der Waals surface area contributed by atoms with Gasteiger partial charge in [-0.3, -0.25) is 5.43 Å². The van der Waals surface area contributed by atoms with Crippen LogP contribution < -0.4 is 9.94 Å². The molecule has 0 spiro atoms. The summed E-state index contributed by atoms with van der Waals surface area (Å²) < 4.78 is 1.64. The normalized spacial score (nSPS) is 12.1. The Balaban J connectivity index is 1.67. The molecule has 2 N–H and O–H groups in total. The van der Waals surface area contributed by atoms with Crippen LogP contribution in [0.2, 0.25) is 0 Å². The molecule has 1 aromatic carbocycles. The van der Waals surface area contributed by atoms with Crippen LogP contribution >= 0.6 is 0 Å². The third-order valence-electron chi connectivity index (χ3n) is 2.84. The van der Waals surface area contributed by atoms with Crippen molar-refractivity contribution in [2.45, 2.75) is 6.92 Å². The van der Waals surface area contributed by atoms with Gasteiger partial charge in [-0.15, -0.1) is 9.61 Å². The highest BCUT2D eigenvalue weighted by atomic mass is 15.4. The number of aromatic nitrogens is 4. The molecule has 0 bridgehead atoms. The first kappa shape index (κ1) is 13.0. The summed E-state index contributed by atoms with van der Waals surface area (Å²) in [7, 11) is 0. The van der Waals surface area contributed by atoms with E-state index >= 15 is 0 Å². The van der Waals surface area contributed by atoms with Crippen LogP contribution in [-0.2, 0) is 0 Å². The fourth-order valence-electron chi connectivity index (χ4n) is 1.87. The van der Waals surface area contributed by atoms with E-state index in [2.05, 4.69) is 44.0 Å². The summed E-state index contributed by atoms with van der Waals surface area (Å²) in [6.07, 6.45) is 5.50. The summed E-state index contributed by atoms with van der Waals surface area (Å²) >= 11 is 0. The molecule has 104 valence electrons. The molecule has 0 atom stereocenters. The molecule has 6 heteroatoms. The number of H-pyrrole nitrogens is 1. The van der Waals surface area contributed by atoms with Crippen LogP contribution in [0.4, 0.5) is 5.82 Å². The molecule has 3 aromatic rings. The maximum absolute atomic E-state index is 4.29. The van der Waals surface area contributed by atoms with Gasteiger partial charge >= 0.3 is 5.65 Å². The number of hydrogen-bond acceptors (Lipinski definition) is 4. The van der Waals surface area contributed by atoms with Gasteiger partial charge in [-0.2, -0.15) is 5.10 Å². The number of hydrazone groups is 1.